The second kappa shape index (κ2) is 8.70. The molecule has 3 nitrogen and oxygen atoms in total. The van der Waals surface area contributed by atoms with Gasteiger partial charge in [0.25, 0.3) is 0 Å². The average Bonchev–Trinajstić information content (AvgIpc) is 2.34. The predicted molar refractivity (Wildman–Crippen MR) is 106 cm³/mol. The van der Waals surface area contributed by atoms with Gasteiger partial charge < -0.3 is 9.84 Å². The number of allylic oxidation sites excluding steroid dienone is 1. The molecule has 0 heterocycles. The minimum atomic E-state index is -0.520. The summed E-state index contributed by atoms with van der Waals surface area (Å²) in [4.78, 5) is 12.1. The number of esters is 1. The fourth-order valence-corrected chi connectivity index (χ4v) is 3.92. The summed E-state index contributed by atoms with van der Waals surface area (Å²) in [6, 6.07) is 0. The lowest BCUT2D eigenvalue weighted by atomic mass is 9.71. The van der Waals surface area contributed by atoms with Crippen LogP contribution in [-0.4, -0.2) is 23.8 Å². The fourth-order valence-electron chi connectivity index (χ4n) is 3.92. The highest BCUT2D eigenvalue weighted by molar-refractivity contribution is 5.76. The third-order valence-corrected chi connectivity index (χ3v) is 4.54. The van der Waals surface area contributed by atoms with Crippen molar-refractivity contribution in [1.82, 2.24) is 0 Å². The van der Waals surface area contributed by atoms with Gasteiger partial charge in [0.05, 0.1) is 18.1 Å². The largest absolute Gasteiger partial charge is 0.466 e. The zero-order valence-corrected chi connectivity index (χ0v) is 18.3. The Bertz CT molecular complexity index is 450. The normalized spacial score (nSPS) is 15.5. The maximum absolute atomic E-state index is 12.1. The van der Waals surface area contributed by atoms with Crippen molar-refractivity contribution >= 4 is 5.97 Å². The van der Waals surface area contributed by atoms with Crippen LogP contribution in [0, 0.1) is 21.7 Å². The van der Waals surface area contributed by atoms with Gasteiger partial charge in [-0.1, -0.05) is 60.6 Å². The topological polar surface area (TPSA) is 46.5 Å². The van der Waals surface area contributed by atoms with Crippen molar-refractivity contribution in [3.63, 3.8) is 0 Å². The molecular weight excluding hydrogens is 312 g/mol. The lowest BCUT2D eigenvalue weighted by Gasteiger charge is -2.36. The Morgan fingerprint density at radius 3 is 1.96 bits per heavy atom. The van der Waals surface area contributed by atoms with Crippen LogP contribution in [0.2, 0.25) is 0 Å². The molecule has 0 aliphatic carbocycles. The molecule has 0 aliphatic rings. The minimum absolute atomic E-state index is 0.128. The second-order valence-electron chi connectivity index (χ2n) is 10.6. The molecule has 0 aromatic rings. The van der Waals surface area contributed by atoms with Crippen molar-refractivity contribution in [2.75, 3.05) is 6.61 Å². The zero-order valence-electron chi connectivity index (χ0n) is 18.3. The van der Waals surface area contributed by atoms with Gasteiger partial charge in [-0.05, 0) is 56.3 Å². The number of hydrogen-bond donors (Lipinski definition) is 1. The molecule has 1 unspecified atom stereocenters. The third kappa shape index (κ3) is 9.44. The van der Waals surface area contributed by atoms with Crippen LogP contribution in [0.25, 0.3) is 0 Å². The standard InChI is InChI=1S/C22H42O3/c1-11-25-18(24)22(9,10)16-20(5,6)14-12-13-17(23)21(7,8)15-19(2,3)4/h12,14,17,23H,11,13,15-16H2,1-10H3. The van der Waals surface area contributed by atoms with Crippen molar-refractivity contribution < 1.29 is 14.6 Å². The van der Waals surface area contributed by atoms with E-state index in [0.717, 1.165) is 6.42 Å². The van der Waals surface area contributed by atoms with E-state index in [1.165, 1.54) is 0 Å². The first kappa shape index (κ1) is 24.2. The van der Waals surface area contributed by atoms with Crippen LogP contribution in [-0.2, 0) is 9.53 Å². The number of carbonyl (C=O) groups is 1. The first-order chi connectivity index (χ1) is 11.0. The first-order valence-electron chi connectivity index (χ1n) is 9.55. The predicted octanol–water partition coefficient (Wildman–Crippen LogP) is 5.76. The molecule has 0 bridgehead atoms. The molecule has 0 fully saturated rings. The summed E-state index contributed by atoms with van der Waals surface area (Å²) in [7, 11) is 0. The van der Waals surface area contributed by atoms with Crippen molar-refractivity contribution in [3.05, 3.63) is 12.2 Å². The molecular formula is C22H42O3. The highest BCUT2D eigenvalue weighted by Crippen LogP contribution is 2.38. The fraction of sp³-hybridized carbons (Fsp3) is 0.864. The molecule has 0 saturated heterocycles. The molecule has 0 rings (SSSR count). The van der Waals surface area contributed by atoms with E-state index in [2.05, 4.69) is 60.6 Å². The van der Waals surface area contributed by atoms with Crippen LogP contribution >= 0.6 is 0 Å². The van der Waals surface area contributed by atoms with Gasteiger partial charge in [0, 0.05) is 0 Å². The summed E-state index contributed by atoms with van der Waals surface area (Å²) in [5, 5.41) is 10.6. The quantitative estimate of drug-likeness (QED) is 0.423. The van der Waals surface area contributed by atoms with E-state index in [4.69, 9.17) is 4.74 Å². The number of hydrogen-bond acceptors (Lipinski definition) is 3. The highest BCUT2D eigenvalue weighted by Gasteiger charge is 2.35. The number of carbonyl (C=O) groups excluding carboxylic acids is 1. The summed E-state index contributed by atoms with van der Waals surface area (Å²) < 4.78 is 5.18. The van der Waals surface area contributed by atoms with Crippen molar-refractivity contribution in [2.24, 2.45) is 21.7 Å². The molecule has 0 saturated carbocycles. The third-order valence-electron chi connectivity index (χ3n) is 4.54. The smallest absolute Gasteiger partial charge is 0.311 e. The number of ether oxygens (including phenoxy) is 1. The van der Waals surface area contributed by atoms with E-state index in [9.17, 15) is 9.90 Å². The van der Waals surface area contributed by atoms with Crippen LogP contribution in [0.15, 0.2) is 12.2 Å². The van der Waals surface area contributed by atoms with Crippen LogP contribution in [0.1, 0.15) is 88.5 Å². The average molecular weight is 355 g/mol. The van der Waals surface area contributed by atoms with Crippen molar-refractivity contribution in [3.8, 4) is 0 Å². The van der Waals surface area contributed by atoms with Gasteiger partial charge in [0.1, 0.15) is 0 Å². The van der Waals surface area contributed by atoms with Gasteiger partial charge in [-0.15, -0.1) is 0 Å². The Morgan fingerprint density at radius 2 is 1.52 bits per heavy atom. The molecule has 148 valence electrons. The SMILES string of the molecule is CCOC(=O)C(C)(C)CC(C)(C)C=CCC(O)C(C)(C)CC(C)(C)C. The van der Waals surface area contributed by atoms with E-state index in [-0.39, 0.29) is 28.3 Å². The molecule has 0 aromatic carbocycles. The van der Waals surface area contributed by atoms with E-state index in [1.54, 1.807) is 0 Å². The van der Waals surface area contributed by atoms with Gasteiger partial charge in [-0.3, -0.25) is 4.79 Å². The van der Waals surface area contributed by atoms with E-state index in [0.29, 0.717) is 19.4 Å². The zero-order chi connectivity index (χ0) is 20.1. The van der Waals surface area contributed by atoms with E-state index >= 15 is 0 Å². The lowest BCUT2D eigenvalue weighted by Crippen LogP contribution is -2.33. The van der Waals surface area contributed by atoms with Gasteiger partial charge in [0.2, 0.25) is 0 Å². The Morgan fingerprint density at radius 1 is 1.00 bits per heavy atom. The van der Waals surface area contributed by atoms with Crippen LogP contribution < -0.4 is 0 Å². The summed E-state index contributed by atoms with van der Waals surface area (Å²) in [6.07, 6.45) is 6.12. The molecule has 0 aromatic heterocycles. The molecule has 25 heavy (non-hydrogen) atoms. The van der Waals surface area contributed by atoms with Crippen molar-refractivity contribution in [1.29, 1.82) is 0 Å². The van der Waals surface area contributed by atoms with E-state index < -0.39 is 5.41 Å². The highest BCUT2D eigenvalue weighted by atomic mass is 16.5. The molecule has 1 atom stereocenters. The maximum atomic E-state index is 12.1. The van der Waals surface area contributed by atoms with Crippen LogP contribution in [0.4, 0.5) is 0 Å². The van der Waals surface area contributed by atoms with Crippen LogP contribution in [0.5, 0.6) is 0 Å². The summed E-state index contributed by atoms with van der Waals surface area (Å²) >= 11 is 0. The molecule has 0 radical (unpaired) electrons. The number of aliphatic hydroxyl groups excluding tert-OH is 1. The van der Waals surface area contributed by atoms with Gasteiger partial charge in [0.15, 0.2) is 0 Å². The van der Waals surface area contributed by atoms with Gasteiger partial charge in [-0.25, -0.2) is 0 Å². The lowest BCUT2D eigenvalue weighted by molar-refractivity contribution is -0.154. The minimum Gasteiger partial charge on any atom is -0.466 e. The Hall–Kier alpha value is -0.830. The van der Waals surface area contributed by atoms with Gasteiger partial charge in [-0.2, -0.15) is 0 Å². The van der Waals surface area contributed by atoms with Gasteiger partial charge >= 0.3 is 5.97 Å². The Labute approximate surface area is 156 Å². The molecule has 0 spiro atoms. The Balaban J connectivity index is 4.82. The van der Waals surface area contributed by atoms with Crippen molar-refractivity contribution in [2.45, 2.75) is 94.6 Å². The Kier molecular flexibility index (Phi) is 8.42. The summed E-state index contributed by atoms with van der Waals surface area (Å²) in [6.45, 7) is 21.2. The molecule has 1 N–H and O–H groups in total. The molecule has 3 heteroatoms. The van der Waals surface area contributed by atoms with Crippen LogP contribution in [0.3, 0.4) is 0 Å². The summed E-state index contributed by atoms with van der Waals surface area (Å²) in [5.41, 5.74) is -0.591. The number of aliphatic hydroxyl groups is 1. The summed E-state index contributed by atoms with van der Waals surface area (Å²) in [5.74, 6) is -0.150. The maximum Gasteiger partial charge on any atom is 0.311 e. The second-order valence-corrected chi connectivity index (χ2v) is 10.6. The van der Waals surface area contributed by atoms with E-state index in [1.807, 2.05) is 20.8 Å². The number of rotatable bonds is 9. The molecule has 0 aliphatic heterocycles. The first-order valence-corrected chi connectivity index (χ1v) is 9.55. The molecule has 0 amide bonds. The monoisotopic (exact) mass is 354 g/mol.